The highest BCUT2D eigenvalue weighted by Gasteiger charge is 2.30. The van der Waals surface area contributed by atoms with E-state index in [9.17, 15) is 0 Å². The van der Waals surface area contributed by atoms with Gasteiger partial charge in [0.15, 0.2) is 5.82 Å². The van der Waals surface area contributed by atoms with Crippen molar-refractivity contribution >= 4 is 5.82 Å². The molecule has 1 aliphatic heterocycles. The Bertz CT molecular complexity index is 841. The molecule has 0 saturated carbocycles. The molecule has 1 fully saturated rings. The molecule has 3 aromatic heterocycles. The Morgan fingerprint density at radius 1 is 1.08 bits per heavy atom. The molecule has 3 aromatic rings. The van der Waals surface area contributed by atoms with Crippen molar-refractivity contribution in [1.82, 2.24) is 19.9 Å². The SMILES string of the molecule is Cc1cc(N[C@H]2CCO[C@@H]2c2cccnc2)nc(-c2ccncc2)n1. The molecule has 0 radical (unpaired) electrons. The first kappa shape index (κ1) is 15.7. The summed E-state index contributed by atoms with van der Waals surface area (Å²) in [5, 5.41) is 3.52. The van der Waals surface area contributed by atoms with Gasteiger partial charge >= 0.3 is 0 Å². The number of rotatable bonds is 4. The van der Waals surface area contributed by atoms with Crippen molar-refractivity contribution in [3.63, 3.8) is 0 Å². The Morgan fingerprint density at radius 2 is 1.96 bits per heavy atom. The van der Waals surface area contributed by atoms with E-state index in [0.29, 0.717) is 5.82 Å². The Labute approximate surface area is 146 Å². The van der Waals surface area contributed by atoms with Crippen LogP contribution in [0.1, 0.15) is 23.8 Å². The van der Waals surface area contributed by atoms with Gasteiger partial charge in [0.05, 0.1) is 6.04 Å². The van der Waals surface area contributed by atoms with Gasteiger partial charge < -0.3 is 10.1 Å². The molecule has 1 aliphatic rings. The monoisotopic (exact) mass is 333 g/mol. The predicted octanol–water partition coefficient (Wildman–Crippen LogP) is 3.18. The molecule has 0 spiro atoms. The highest BCUT2D eigenvalue weighted by atomic mass is 16.5. The molecule has 0 unspecified atom stereocenters. The Kier molecular flexibility index (Phi) is 4.35. The quantitative estimate of drug-likeness (QED) is 0.790. The van der Waals surface area contributed by atoms with Gasteiger partial charge in [-0.05, 0) is 31.5 Å². The maximum atomic E-state index is 5.91. The number of aryl methyl sites for hydroxylation is 1. The predicted molar refractivity (Wildman–Crippen MR) is 95.0 cm³/mol. The average molecular weight is 333 g/mol. The number of nitrogens with one attached hydrogen (secondary N) is 1. The van der Waals surface area contributed by atoms with Crippen LogP contribution in [0.4, 0.5) is 5.82 Å². The molecule has 1 saturated heterocycles. The van der Waals surface area contributed by atoms with Gasteiger partial charge in [-0.15, -0.1) is 0 Å². The van der Waals surface area contributed by atoms with Gasteiger partial charge in [0.25, 0.3) is 0 Å². The molecular formula is C19H19N5O. The van der Waals surface area contributed by atoms with Crippen molar-refractivity contribution in [2.75, 3.05) is 11.9 Å². The second-order valence-corrected chi connectivity index (χ2v) is 6.07. The number of ether oxygens (including phenoxy) is 1. The number of hydrogen-bond acceptors (Lipinski definition) is 6. The van der Waals surface area contributed by atoms with Crippen molar-refractivity contribution < 1.29 is 4.74 Å². The topological polar surface area (TPSA) is 72.8 Å². The van der Waals surface area contributed by atoms with Crippen LogP contribution < -0.4 is 5.32 Å². The molecule has 0 bridgehead atoms. The van der Waals surface area contributed by atoms with Crippen molar-refractivity contribution in [1.29, 1.82) is 0 Å². The van der Waals surface area contributed by atoms with E-state index >= 15 is 0 Å². The fraction of sp³-hybridized carbons (Fsp3) is 0.263. The number of hydrogen-bond donors (Lipinski definition) is 1. The van der Waals surface area contributed by atoms with Gasteiger partial charge in [0.1, 0.15) is 11.9 Å². The molecule has 6 heteroatoms. The lowest BCUT2D eigenvalue weighted by Crippen LogP contribution is -2.24. The third-order valence-corrected chi connectivity index (χ3v) is 4.23. The first-order valence-corrected chi connectivity index (χ1v) is 8.34. The molecule has 0 aliphatic carbocycles. The lowest BCUT2D eigenvalue weighted by Gasteiger charge is -2.21. The Balaban J connectivity index is 1.59. The zero-order chi connectivity index (χ0) is 17.1. The smallest absolute Gasteiger partial charge is 0.161 e. The third kappa shape index (κ3) is 3.49. The molecule has 6 nitrogen and oxygen atoms in total. The van der Waals surface area contributed by atoms with Crippen LogP contribution in [0.2, 0.25) is 0 Å². The second-order valence-electron chi connectivity index (χ2n) is 6.07. The molecule has 0 aromatic carbocycles. The van der Waals surface area contributed by atoms with Crippen LogP contribution in [0, 0.1) is 6.92 Å². The minimum absolute atomic E-state index is 0.0200. The molecule has 4 rings (SSSR count). The number of anilines is 1. The number of aromatic nitrogens is 4. The standard InChI is InChI=1S/C19H19N5O/c1-13-11-17(24-19(22-13)14-4-8-20-9-5-14)23-16-6-10-25-18(16)15-3-2-7-21-12-15/h2-5,7-9,11-12,16,18H,6,10H2,1H3,(H,22,23,24)/t16-,18+/m0/s1. The summed E-state index contributed by atoms with van der Waals surface area (Å²) >= 11 is 0. The highest BCUT2D eigenvalue weighted by Crippen LogP contribution is 2.31. The second kappa shape index (κ2) is 6.94. The van der Waals surface area contributed by atoms with Crippen molar-refractivity contribution in [3.05, 3.63) is 66.4 Å². The number of pyridine rings is 2. The number of nitrogens with zero attached hydrogens (tertiary/aromatic N) is 4. The van der Waals surface area contributed by atoms with E-state index in [-0.39, 0.29) is 12.1 Å². The summed E-state index contributed by atoms with van der Waals surface area (Å²) < 4.78 is 5.91. The lowest BCUT2D eigenvalue weighted by molar-refractivity contribution is 0.107. The van der Waals surface area contributed by atoms with Gasteiger partial charge in [0, 0.05) is 54.3 Å². The van der Waals surface area contributed by atoms with Crippen LogP contribution >= 0.6 is 0 Å². The van der Waals surface area contributed by atoms with E-state index in [1.807, 2.05) is 43.5 Å². The zero-order valence-corrected chi connectivity index (χ0v) is 14.0. The molecule has 126 valence electrons. The van der Waals surface area contributed by atoms with Crippen LogP contribution in [0.25, 0.3) is 11.4 Å². The van der Waals surface area contributed by atoms with E-state index in [0.717, 1.165) is 35.7 Å². The van der Waals surface area contributed by atoms with Gasteiger partial charge in [-0.3, -0.25) is 9.97 Å². The fourth-order valence-corrected chi connectivity index (χ4v) is 3.07. The highest BCUT2D eigenvalue weighted by molar-refractivity contribution is 5.57. The van der Waals surface area contributed by atoms with Crippen molar-refractivity contribution in [2.45, 2.75) is 25.5 Å². The van der Waals surface area contributed by atoms with E-state index in [1.54, 1.807) is 18.6 Å². The first-order chi connectivity index (χ1) is 12.3. The zero-order valence-electron chi connectivity index (χ0n) is 14.0. The summed E-state index contributed by atoms with van der Waals surface area (Å²) in [5.41, 5.74) is 2.95. The summed E-state index contributed by atoms with van der Waals surface area (Å²) in [5.74, 6) is 1.51. The Morgan fingerprint density at radius 3 is 2.76 bits per heavy atom. The summed E-state index contributed by atoms with van der Waals surface area (Å²) in [6.07, 6.45) is 8.03. The lowest BCUT2D eigenvalue weighted by atomic mass is 10.0. The molecule has 25 heavy (non-hydrogen) atoms. The minimum atomic E-state index is -0.0200. The summed E-state index contributed by atoms with van der Waals surface area (Å²) in [6, 6.07) is 9.92. The van der Waals surface area contributed by atoms with E-state index in [2.05, 4.69) is 25.3 Å². The van der Waals surface area contributed by atoms with Crippen LogP contribution in [0.15, 0.2) is 55.1 Å². The van der Waals surface area contributed by atoms with Crippen LogP contribution in [0.3, 0.4) is 0 Å². The van der Waals surface area contributed by atoms with Gasteiger partial charge in [-0.2, -0.15) is 0 Å². The van der Waals surface area contributed by atoms with Crippen LogP contribution in [0.5, 0.6) is 0 Å². The van der Waals surface area contributed by atoms with Gasteiger partial charge in [-0.1, -0.05) is 6.07 Å². The largest absolute Gasteiger partial charge is 0.371 e. The van der Waals surface area contributed by atoms with Crippen LogP contribution in [-0.4, -0.2) is 32.6 Å². The van der Waals surface area contributed by atoms with Crippen molar-refractivity contribution in [3.8, 4) is 11.4 Å². The van der Waals surface area contributed by atoms with Gasteiger partial charge in [0.2, 0.25) is 0 Å². The van der Waals surface area contributed by atoms with Gasteiger partial charge in [-0.25, -0.2) is 9.97 Å². The summed E-state index contributed by atoms with van der Waals surface area (Å²) in [4.78, 5) is 17.5. The maximum absolute atomic E-state index is 5.91. The molecule has 0 amide bonds. The first-order valence-electron chi connectivity index (χ1n) is 8.34. The van der Waals surface area contributed by atoms with E-state index in [4.69, 9.17) is 4.74 Å². The molecule has 4 heterocycles. The molecular weight excluding hydrogens is 314 g/mol. The molecule has 1 N–H and O–H groups in total. The minimum Gasteiger partial charge on any atom is -0.371 e. The average Bonchev–Trinajstić information content (AvgIpc) is 3.11. The van der Waals surface area contributed by atoms with E-state index < -0.39 is 0 Å². The maximum Gasteiger partial charge on any atom is 0.161 e. The van der Waals surface area contributed by atoms with Crippen LogP contribution in [-0.2, 0) is 4.74 Å². The normalized spacial score (nSPS) is 19.7. The fourth-order valence-electron chi connectivity index (χ4n) is 3.07. The van der Waals surface area contributed by atoms with Crippen molar-refractivity contribution in [2.24, 2.45) is 0 Å². The summed E-state index contributed by atoms with van der Waals surface area (Å²) in [7, 11) is 0. The summed E-state index contributed by atoms with van der Waals surface area (Å²) in [6.45, 7) is 2.69. The van der Waals surface area contributed by atoms with E-state index in [1.165, 1.54) is 0 Å². The Hall–Kier alpha value is -2.86. The third-order valence-electron chi connectivity index (χ3n) is 4.23. The molecule has 2 atom stereocenters.